The van der Waals surface area contributed by atoms with Gasteiger partial charge in [0.25, 0.3) is 5.91 Å². The lowest BCUT2D eigenvalue weighted by Gasteiger charge is -2.22. The van der Waals surface area contributed by atoms with Crippen molar-refractivity contribution in [3.63, 3.8) is 0 Å². The largest absolute Gasteiger partial charge is 0.347 e. The molecular weight excluding hydrogens is 350 g/mol. The van der Waals surface area contributed by atoms with Crippen molar-refractivity contribution in [3.8, 4) is 0 Å². The Hall–Kier alpha value is -2.67. The molecule has 2 heterocycles. The van der Waals surface area contributed by atoms with Crippen LogP contribution in [0, 0.1) is 0 Å². The Labute approximate surface area is 155 Å². The summed E-state index contributed by atoms with van der Waals surface area (Å²) in [5.41, 5.74) is 0.889. The van der Waals surface area contributed by atoms with Gasteiger partial charge in [0.15, 0.2) is 0 Å². The summed E-state index contributed by atoms with van der Waals surface area (Å²) in [5.74, 6) is -0.691. The standard InChI is InChI=1S/C19H19N3O3S/c1-12(15-7-4-10-26-15)20-16(23)11-22-17(24)19(21-18(22)25)9-8-13-5-2-3-6-14(13)19/h2-7,10,12H,8-9,11H2,1H3,(H,20,23)(H,21,25)/t12-,19+/m0/s1. The molecule has 7 heteroatoms. The van der Waals surface area contributed by atoms with E-state index in [1.165, 1.54) is 0 Å². The number of carbonyl (C=O) groups is 3. The molecule has 26 heavy (non-hydrogen) atoms. The van der Waals surface area contributed by atoms with Crippen molar-refractivity contribution in [2.75, 3.05) is 6.54 Å². The van der Waals surface area contributed by atoms with Gasteiger partial charge in [-0.1, -0.05) is 30.3 Å². The lowest BCUT2D eigenvalue weighted by atomic mass is 9.92. The van der Waals surface area contributed by atoms with Gasteiger partial charge in [0.1, 0.15) is 12.1 Å². The topological polar surface area (TPSA) is 78.5 Å². The number of rotatable bonds is 4. The predicted octanol–water partition coefficient (Wildman–Crippen LogP) is 2.32. The molecule has 1 aromatic carbocycles. The van der Waals surface area contributed by atoms with E-state index in [-0.39, 0.29) is 24.4 Å². The van der Waals surface area contributed by atoms with Crippen LogP contribution < -0.4 is 10.6 Å². The van der Waals surface area contributed by atoms with Crippen molar-refractivity contribution in [1.82, 2.24) is 15.5 Å². The van der Waals surface area contributed by atoms with Crippen LogP contribution in [-0.2, 0) is 21.5 Å². The van der Waals surface area contributed by atoms with Crippen LogP contribution in [0.1, 0.15) is 35.4 Å². The van der Waals surface area contributed by atoms with E-state index >= 15 is 0 Å². The molecule has 4 rings (SSSR count). The van der Waals surface area contributed by atoms with Crippen LogP contribution in [0.25, 0.3) is 0 Å². The molecule has 1 aromatic heterocycles. The number of carbonyl (C=O) groups excluding carboxylic acids is 3. The van der Waals surface area contributed by atoms with Crippen molar-refractivity contribution in [3.05, 3.63) is 57.8 Å². The average Bonchev–Trinajstić information content (AvgIpc) is 3.32. The number of fused-ring (bicyclic) bond motifs is 2. The molecule has 2 aromatic rings. The van der Waals surface area contributed by atoms with Gasteiger partial charge in [0, 0.05) is 4.88 Å². The van der Waals surface area contributed by atoms with E-state index in [1.807, 2.05) is 48.7 Å². The van der Waals surface area contributed by atoms with Crippen LogP contribution in [0.15, 0.2) is 41.8 Å². The van der Waals surface area contributed by atoms with Gasteiger partial charge < -0.3 is 10.6 Å². The van der Waals surface area contributed by atoms with E-state index in [9.17, 15) is 14.4 Å². The highest BCUT2D eigenvalue weighted by Gasteiger charge is 2.55. The van der Waals surface area contributed by atoms with Crippen LogP contribution in [0.3, 0.4) is 0 Å². The summed E-state index contributed by atoms with van der Waals surface area (Å²) < 4.78 is 0. The maximum atomic E-state index is 13.0. The normalized spacial score (nSPS) is 22.4. The third-order valence-corrected chi connectivity index (χ3v) is 6.13. The van der Waals surface area contributed by atoms with Gasteiger partial charge in [-0.3, -0.25) is 14.5 Å². The maximum absolute atomic E-state index is 13.0. The lowest BCUT2D eigenvalue weighted by molar-refractivity contribution is -0.135. The van der Waals surface area contributed by atoms with E-state index in [0.29, 0.717) is 6.42 Å². The molecule has 1 spiro atoms. The second-order valence-electron chi connectivity index (χ2n) is 6.69. The number of urea groups is 1. The van der Waals surface area contributed by atoms with E-state index in [1.54, 1.807) is 11.3 Å². The molecule has 2 atom stereocenters. The monoisotopic (exact) mass is 369 g/mol. The third-order valence-electron chi connectivity index (χ3n) is 5.07. The summed E-state index contributed by atoms with van der Waals surface area (Å²) in [6, 6.07) is 10.8. The first-order valence-corrected chi connectivity index (χ1v) is 9.44. The smallest absolute Gasteiger partial charge is 0.325 e. The molecular formula is C19H19N3O3S. The fourth-order valence-electron chi connectivity index (χ4n) is 3.77. The zero-order valence-electron chi connectivity index (χ0n) is 14.3. The quantitative estimate of drug-likeness (QED) is 0.812. The first kappa shape index (κ1) is 16.8. The summed E-state index contributed by atoms with van der Waals surface area (Å²) in [7, 11) is 0. The second-order valence-corrected chi connectivity index (χ2v) is 7.67. The molecule has 1 aliphatic carbocycles. The number of amides is 4. The van der Waals surface area contributed by atoms with Gasteiger partial charge in [-0.2, -0.15) is 0 Å². The molecule has 2 N–H and O–H groups in total. The number of nitrogens with zero attached hydrogens (tertiary/aromatic N) is 1. The van der Waals surface area contributed by atoms with Crippen LogP contribution in [0.5, 0.6) is 0 Å². The molecule has 1 aliphatic heterocycles. The second kappa shape index (κ2) is 6.25. The molecule has 1 saturated heterocycles. The van der Waals surface area contributed by atoms with Gasteiger partial charge in [-0.25, -0.2) is 4.79 Å². The number of benzene rings is 1. The van der Waals surface area contributed by atoms with E-state index in [2.05, 4.69) is 10.6 Å². The van der Waals surface area contributed by atoms with Crippen LogP contribution in [0.2, 0.25) is 0 Å². The summed E-state index contributed by atoms with van der Waals surface area (Å²) in [6.45, 7) is 1.61. The zero-order valence-corrected chi connectivity index (χ0v) is 15.1. The molecule has 0 bridgehead atoms. The Kier molecular flexibility index (Phi) is 4.03. The van der Waals surface area contributed by atoms with Crippen molar-refractivity contribution >= 4 is 29.2 Å². The zero-order chi connectivity index (χ0) is 18.3. The number of hydrogen-bond acceptors (Lipinski definition) is 4. The first-order chi connectivity index (χ1) is 12.5. The van der Waals surface area contributed by atoms with Crippen molar-refractivity contribution in [2.45, 2.75) is 31.3 Å². The predicted molar refractivity (Wildman–Crippen MR) is 97.6 cm³/mol. The van der Waals surface area contributed by atoms with Crippen LogP contribution >= 0.6 is 11.3 Å². The van der Waals surface area contributed by atoms with Gasteiger partial charge in [0.2, 0.25) is 5.91 Å². The van der Waals surface area contributed by atoms with E-state index in [0.717, 1.165) is 27.3 Å². The molecule has 4 amide bonds. The molecule has 0 unspecified atom stereocenters. The molecule has 1 fully saturated rings. The maximum Gasteiger partial charge on any atom is 0.325 e. The first-order valence-electron chi connectivity index (χ1n) is 8.56. The van der Waals surface area contributed by atoms with Gasteiger partial charge in [0.05, 0.1) is 6.04 Å². The van der Waals surface area contributed by atoms with Crippen molar-refractivity contribution in [2.24, 2.45) is 0 Å². The summed E-state index contributed by atoms with van der Waals surface area (Å²) in [5, 5.41) is 7.62. The molecule has 6 nitrogen and oxygen atoms in total. The summed E-state index contributed by atoms with van der Waals surface area (Å²) in [6.07, 6.45) is 1.26. The highest BCUT2D eigenvalue weighted by molar-refractivity contribution is 7.10. The Bertz CT molecular complexity index is 880. The van der Waals surface area contributed by atoms with Crippen molar-refractivity contribution in [1.29, 1.82) is 0 Å². The Morgan fingerprint density at radius 3 is 2.88 bits per heavy atom. The average molecular weight is 369 g/mol. The number of hydrogen-bond donors (Lipinski definition) is 2. The molecule has 2 aliphatic rings. The Morgan fingerprint density at radius 1 is 1.31 bits per heavy atom. The fraction of sp³-hybridized carbons (Fsp3) is 0.316. The van der Waals surface area contributed by atoms with Gasteiger partial charge in [-0.15, -0.1) is 11.3 Å². The highest BCUT2D eigenvalue weighted by atomic mass is 32.1. The molecule has 134 valence electrons. The number of imide groups is 1. The fourth-order valence-corrected chi connectivity index (χ4v) is 4.51. The minimum absolute atomic E-state index is 0.163. The number of aryl methyl sites for hydroxylation is 1. The minimum Gasteiger partial charge on any atom is -0.347 e. The van der Waals surface area contributed by atoms with Crippen LogP contribution in [0.4, 0.5) is 4.79 Å². The third kappa shape index (κ3) is 2.59. The Morgan fingerprint density at radius 2 is 2.12 bits per heavy atom. The lowest BCUT2D eigenvalue weighted by Crippen LogP contribution is -2.44. The van der Waals surface area contributed by atoms with Crippen LogP contribution in [-0.4, -0.2) is 29.3 Å². The molecule has 0 radical (unpaired) electrons. The number of nitrogens with one attached hydrogen (secondary N) is 2. The van der Waals surface area contributed by atoms with E-state index in [4.69, 9.17) is 0 Å². The summed E-state index contributed by atoms with van der Waals surface area (Å²) >= 11 is 1.55. The summed E-state index contributed by atoms with van der Waals surface area (Å²) in [4.78, 5) is 39.9. The van der Waals surface area contributed by atoms with Gasteiger partial charge >= 0.3 is 6.03 Å². The highest BCUT2D eigenvalue weighted by Crippen LogP contribution is 2.41. The van der Waals surface area contributed by atoms with Gasteiger partial charge in [-0.05, 0) is 42.3 Å². The SMILES string of the molecule is C[C@H](NC(=O)CN1C(=O)N[C@@]2(CCc3ccccc32)C1=O)c1cccs1. The molecule has 0 saturated carbocycles. The van der Waals surface area contributed by atoms with E-state index < -0.39 is 11.6 Å². The van der Waals surface area contributed by atoms with Crippen molar-refractivity contribution < 1.29 is 14.4 Å². The number of thiophene rings is 1. The Balaban J connectivity index is 1.49. The minimum atomic E-state index is -1.02.